The molecule has 112 valence electrons. The number of hydrogen-bond donors (Lipinski definition) is 1. The van der Waals surface area contributed by atoms with E-state index in [1.165, 1.54) is 17.0 Å². The highest BCUT2D eigenvalue weighted by Gasteiger charge is 2.24. The zero-order chi connectivity index (χ0) is 13.8. The monoisotopic (exact) mass is 304 g/mol. The van der Waals surface area contributed by atoms with Gasteiger partial charge in [0.05, 0.1) is 5.92 Å². The fourth-order valence-corrected chi connectivity index (χ4v) is 2.36. The van der Waals surface area contributed by atoms with Gasteiger partial charge in [0.15, 0.2) is 0 Å². The lowest BCUT2D eigenvalue weighted by Crippen LogP contribution is -2.41. The van der Waals surface area contributed by atoms with Crippen molar-refractivity contribution in [2.75, 3.05) is 20.1 Å². The summed E-state index contributed by atoms with van der Waals surface area (Å²) in [5.74, 6) is -1.24. The number of nitrogens with one attached hydrogen (secondary N) is 1. The van der Waals surface area contributed by atoms with Gasteiger partial charge in [-0.05, 0) is 25.5 Å². The second kappa shape index (κ2) is 7.55. The Hall–Kier alpha value is -1.20. The third kappa shape index (κ3) is 4.15. The molecule has 0 radical (unpaired) electrons. The summed E-state index contributed by atoms with van der Waals surface area (Å²) in [5.41, 5.74) is 0.334. The fourth-order valence-electron chi connectivity index (χ4n) is 2.36. The van der Waals surface area contributed by atoms with E-state index in [-0.39, 0.29) is 30.8 Å². The van der Waals surface area contributed by atoms with Crippen molar-refractivity contribution in [3.8, 4) is 0 Å². The van der Waals surface area contributed by atoms with E-state index in [2.05, 4.69) is 5.32 Å². The van der Waals surface area contributed by atoms with Gasteiger partial charge in [-0.25, -0.2) is 8.78 Å². The van der Waals surface area contributed by atoms with Gasteiger partial charge in [-0.1, -0.05) is 6.07 Å². The highest BCUT2D eigenvalue weighted by Crippen LogP contribution is 2.16. The second-order valence-corrected chi connectivity index (χ2v) is 4.97. The van der Waals surface area contributed by atoms with Crippen molar-refractivity contribution < 1.29 is 13.6 Å². The molecule has 0 aliphatic carbocycles. The Morgan fingerprint density at radius 1 is 1.45 bits per heavy atom. The maximum Gasteiger partial charge on any atom is 0.227 e. The molecule has 0 spiro atoms. The summed E-state index contributed by atoms with van der Waals surface area (Å²) in [4.78, 5) is 13.7. The van der Waals surface area contributed by atoms with E-state index in [0.29, 0.717) is 12.1 Å². The molecule has 0 bridgehead atoms. The SMILES string of the molecule is CN(Cc1ccc(F)cc1F)C(=O)[C@@H]1CCCNC1.Cl. The van der Waals surface area contributed by atoms with E-state index in [9.17, 15) is 13.6 Å². The van der Waals surface area contributed by atoms with Crippen molar-refractivity contribution in [1.29, 1.82) is 0 Å². The topological polar surface area (TPSA) is 32.3 Å². The average Bonchev–Trinajstić information content (AvgIpc) is 2.42. The average molecular weight is 305 g/mol. The standard InChI is InChI=1S/C14H18F2N2O.ClH/c1-18(14(19)10-3-2-6-17-8-10)9-11-4-5-12(15)7-13(11)16;/h4-5,7,10,17H,2-3,6,8-9H2,1H3;1H/t10-;/m1./s1. The maximum atomic E-state index is 13.5. The molecule has 0 saturated carbocycles. The fraction of sp³-hybridized carbons (Fsp3) is 0.500. The summed E-state index contributed by atoms with van der Waals surface area (Å²) in [7, 11) is 1.65. The molecule has 1 aliphatic heterocycles. The van der Waals surface area contributed by atoms with Crippen LogP contribution in [0, 0.1) is 17.6 Å². The first-order valence-electron chi connectivity index (χ1n) is 6.47. The number of halogens is 3. The lowest BCUT2D eigenvalue weighted by Gasteiger charge is -2.27. The number of benzene rings is 1. The van der Waals surface area contributed by atoms with Crippen molar-refractivity contribution >= 4 is 18.3 Å². The molecular formula is C14H19ClF2N2O. The van der Waals surface area contributed by atoms with E-state index in [4.69, 9.17) is 0 Å². The van der Waals surface area contributed by atoms with Gasteiger partial charge in [0, 0.05) is 31.8 Å². The van der Waals surface area contributed by atoms with Crippen molar-refractivity contribution in [1.82, 2.24) is 10.2 Å². The second-order valence-electron chi connectivity index (χ2n) is 4.97. The largest absolute Gasteiger partial charge is 0.341 e. The molecular weight excluding hydrogens is 286 g/mol. The zero-order valence-electron chi connectivity index (χ0n) is 11.4. The minimum atomic E-state index is -0.610. The Morgan fingerprint density at radius 3 is 2.80 bits per heavy atom. The highest BCUT2D eigenvalue weighted by atomic mass is 35.5. The molecule has 1 aromatic rings. The van der Waals surface area contributed by atoms with Gasteiger partial charge < -0.3 is 10.2 Å². The van der Waals surface area contributed by atoms with E-state index < -0.39 is 11.6 Å². The molecule has 1 N–H and O–H groups in total. The van der Waals surface area contributed by atoms with Gasteiger partial charge in [0.25, 0.3) is 0 Å². The molecule has 20 heavy (non-hydrogen) atoms. The normalized spacial score (nSPS) is 18.2. The first kappa shape index (κ1) is 16.9. The highest BCUT2D eigenvalue weighted by molar-refractivity contribution is 5.85. The van der Waals surface area contributed by atoms with Crippen LogP contribution in [0.25, 0.3) is 0 Å². The maximum absolute atomic E-state index is 13.5. The Bertz CT molecular complexity index is 464. The van der Waals surface area contributed by atoms with Crippen LogP contribution in [0.5, 0.6) is 0 Å². The minimum absolute atomic E-state index is 0. The lowest BCUT2D eigenvalue weighted by atomic mass is 9.98. The van der Waals surface area contributed by atoms with Crippen molar-refractivity contribution in [2.24, 2.45) is 5.92 Å². The van der Waals surface area contributed by atoms with E-state index in [1.54, 1.807) is 7.05 Å². The molecule has 1 aromatic carbocycles. The summed E-state index contributed by atoms with van der Waals surface area (Å²) in [6.07, 6.45) is 1.84. The number of nitrogens with zero attached hydrogens (tertiary/aromatic N) is 1. The molecule has 1 heterocycles. The van der Waals surface area contributed by atoms with E-state index in [0.717, 1.165) is 25.5 Å². The van der Waals surface area contributed by atoms with Crippen LogP contribution in [-0.4, -0.2) is 30.9 Å². The van der Waals surface area contributed by atoms with Crippen LogP contribution in [0.1, 0.15) is 18.4 Å². The van der Waals surface area contributed by atoms with Gasteiger partial charge in [-0.2, -0.15) is 0 Å². The molecule has 2 rings (SSSR count). The lowest BCUT2D eigenvalue weighted by molar-refractivity contribution is -0.135. The molecule has 1 amide bonds. The molecule has 0 aromatic heterocycles. The van der Waals surface area contributed by atoms with Crippen LogP contribution in [0.2, 0.25) is 0 Å². The zero-order valence-corrected chi connectivity index (χ0v) is 12.2. The number of amides is 1. The number of carbonyl (C=O) groups is 1. The first-order valence-corrected chi connectivity index (χ1v) is 6.47. The predicted molar refractivity (Wildman–Crippen MR) is 75.7 cm³/mol. The summed E-state index contributed by atoms with van der Waals surface area (Å²) in [6.45, 7) is 1.79. The van der Waals surface area contributed by atoms with Crippen molar-refractivity contribution in [3.63, 3.8) is 0 Å². The third-order valence-electron chi connectivity index (χ3n) is 3.44. The molecule has 1 atom stereocenters. The van der Waals surface area contributed by atoms with Gasteiger partial charge in [0.1, 0.15) is 11.6 Å². The molecule has 6 heteroatoms. The van der Waals surface area contributed by atoms with Crippen LogP contribution < -0.4 is 5.32 Å². The minimum Gasteiger partial charge on any atom is -0.341 e. The quantitative estimate of drug-likeness (QED) is 0.929. The van der Waals surface area contributed by atoms with Gasteiger partial charge in [0.2, 0.25) is 5.91 Å². The molecule has 3 nitrogen and oxygen atoms in total. The van der Waals surface area contributed by atoms with Gasteiger partial charge >= 0.3 is 0 Å². The molecule has 1 fully saturated rings. The van der Waals surface area contributed by atoms with E-state index >= 15 is 0 Å². The summed E-state index contributed by atoms with van der Waals surface area (Å²) >= 11 is 0. The Labute approximate surface area is 123 Å². The number of rotatable bonds is 3. The van der Waals surface area contributed by atoms with Crippen molar-refractivity contribution in [3.05, 3.63) is 35.4 Å². The summed E-state index contributed by atoms with van der Waals surface area (Å²) in [6, 6.07) is 3.43. The number of carbonyl (C=O) groups excluding carboxylic acids is 1. The van der Waals surface area contributed by atoms with Crippen LogP contribution in [0.4, 0.5) is 8.78 Å². The van der Waals surface area contributed by atoms with Crippen LogP contribution in [0.3, 0.4) is 0 Å². The van der Waals surface area contributed by atoms with Crippen LogP contribution in [0.15, 0.2) is 18.2 Å². The third-order valence-corrected chi connectivity index (χ3v) is 3.44. The van der Waals surface area contributed by atoms with Gasteiger partial charge in [-0.3, -0.25) is 4.79 Å². The number of piperidine rings is 1. The van der Waals surface area contributed by atoms with Crippen LogP contribution in [-0.2, 0) is 11.3 Å². The molecule has 1 saturated heterocycles. The Morgan fingerprint density at radius 2 is 2.20 bits per heavy atom. The molecule has 1 aliphatic rings. The van der Waals surface area contributed by atoms with Crippen molar-refractivity contribution in [2.45, 2.75) is 19.4 Å². The smallest absolute Gasteiger partial charge is 0.227 e. The van der Waals surface area contributed by atoms with Crippen LogP contribution >= 0.6 is 12.4 Å². The Kier molecular flexibility index (Phi) is 6.36. The van der Waals surface area contributed by atoms with Gasteiger partial charge in [-0.15, -0.1) is 12.4 Å². The summed E-state index contributed by atoms with van der Waals surface area (Å²) < 4.78 is 26.3. The van der Waals surface area contributed by atoms with E-state index in [1.807, 2.05) is 0 Å². The predicted octanol–water partition coefficient (Wildman–Crippen LogP) is 2.34. The number of hydrogen-bond acceptors (Lipinski definition) is 2. The Balaban J connectivity index is 0.00000200. The summed E-state index contributed by atoms with van der Waals surface area (Å²) in [5, 5.41) is 3.18. The first-order chi connectivity index (χ1) is 9.08. The molecule has 0 unspecified atom stereocenters.